The number of esters is 4. The Kier molecular flexibility index (Phi) is 77.1. The number of phosphoric acid groups is 2. The molecule has 0 radical (unpaired) electrons. The second-order valence-electron chi connectivity index (χ2n) is 26.6. The van der Waals surface area contributed by atoms with E-state index in [1.165, 1.54) is 19.3 Å². The maximum absolute atomic E-state index is 13.1. The molecule has 0 saturated carbocycles. The van der Waals surface area contributed by atoms with Gasteiger partial charge in [-0.2, -0.15) is 0 Å². The molecule has 0 rings (SSSR count). The molecule has 0 aromatic heterocycles. The Morgan fingerprint density at radius 3 is 0.804 bits per heavy atom. The van der Waals surface area contributed by atoms with Gasteiger partial charge in [0.25, 0.3) is 0 Å². The summed E-state index contributed by atoms with van der Waals surface area (Å²) in [6.45, 7) is 4.23. The van der Waals surface area contributed by atoms with Crippen molar-refractivity contribution in [1.29, 1.82) is 0 Å². The smallest absolute Gasteiger partial charge is 0.462 e. The maximum Gasteiger partial charge on any atom is 0.472 e. The van der Waals surface area contributed by atoms with E-state index < -0.39 is 97.5 Å². The summed E-state index contributed by atoms with van der Waals surface area (Å²) in [7, 11) is -10.1. The SMILES string of the molecule is CC/C=C\C/C=C\C/C=C\C/C=C\C/C=C\C/C=C\CCC(=O)OCC(COP(=O)(O)OCC(O)COP(=O)(O)OCC(COC(=O)CCCCCCCC/C=C\C/C=C\C/C=C\CCCCC)OC(=O)CCCC/C=C\C/C=C\C/C=C\C/C=C\CC)OC(=O)CC/C=C\C/C=C\C/C=C\C/C=C\C/C=C\C/C=C\CC. The van der Waals surface area contributed by atoms with Crippen molar-refractivity contribution in [2.45, 2.75) is 290 Å². The molecule has 0 aliphatic rings. The molecule has 0 aromatic carbocycles. The monoisotopic (exact) mass is 1590 g/mol. The quantitative estimate of drug-likeness (QED) is 0.0169. The summed E-state index contributed by atoms with van der Waals surface area (Å²) in [5.74, 6) is -2.46. The molecule has 0 spiro atoms. The summed E-state index contributed by atoms with van der Waals surface area (Å²) in [4.78, 5) is 73.1. The van der Waals surface area contributed by atoms with E-state index in [0.717, 1.165) is 154 Å². The topological polar surface area (TPSA) is 237 Å². The van der Waals surface area contributed by atoms with Crippen LogP contribution in [0.15, 0.2) is 231 Å². The molecule has 0 amide bonds. The van der Waals surface area contributed by atoms with Gasteiger partial charge in [0.1, 0.15) is 19.3 Å². The zero-order valence-corrected chi connectivity index (χ0v) is 70.5. The average molecular weight is 1600 g/mol. The Morgan fingerprint density at radius 1 is 0.259 bits per heavy atom. The molecule has 19 heteroatoms. The molecule has 112 heavy (non-hydrogen) atoms. The molecule has 0 aromatic rings. The molecule has 0 fully saturated rings. The van der Waals surface area contributed by atoms with Gasteiger partial charge in [0.2, 0.25) is 0 Å². The molecular weight excluding hydrogens is 1450 g/mol. The van der Waals surface area contributed by atoms with Crippen LogP contribution in [0.5, 0.6) is 0 Å². The minimum absolute atomic E-state index is 0.00854. The number of hydrogen-bond donors (Lipinski definition) is 3. The fourth-order valence-electron chi connectivity index (χ4n) is 9.92. The first-order chi connectivity index (χ1) is 54.7. The number of aliphatic hydroxyl groups is 1. The molecule has 628 valence electrons. The Labute approximate surface area is 676 Å². The first-order valence-electron chi connectivity index (χ1n) is 41.6. The summed E-state index contributed by atoms with van der Waals surface area (Å²) in [6, 6.07) is 0. The fraction of sp³-hybridized carbons (Fsp3) is 0.548. The van der Waals surface area contributed by atoms with Crippen molar-refractivity contribution < 1.29 is 80.2 Å². The van der Waals surface area contributed by atoms with E-state index in [2.05, 4.69) is 222 Å². The van der Waals surface area contributed by atoms with Crippen molar-refractivity contribution in [3.63, 3.8) is 0 Å². The highest BCUT2D eigenvalue weighted by atomic mass is 31.2. The highest BCUT2D eigenvalue weighted by Gasteiger charge is 2.30. The predicted molar refractivity (Wildman–Crippen MR) is 463 cm³/mol. The Hall–Kier alpha value is -6.88. The summed E-state index contributed by atoms with van der Waals surface area (Å²) >= 11 is 0. The van der Waals surface area contributed by atoms with Crippen LogP contribution < -0.4 is 0 Å². The Bertz CT molecular complexity index is 3040. The van der Waals surface area contributed by atoms with Crippen LogP contribution in [0.1, 0.15) is 272 Å². The Balaban J connectivity index is 5.59. The van der Waals surface area contributed by atoms with Crippen LogP contribution in [-0.2, 0) is 65.4 Å². The van der Waals surface area contributed by atoms with Crippen LogP contribution in [0, 0.1) is 0 Å². The van der Waals surface area contributed by atoms with E-state index in [-0.39, 0.29) is 25.7 Å². The fourth-order valence-corrected chi connectivity index (χ4v) is 11.5. The van der Waals surface area contributed by atoms with Crippen LogP contribution >= 0.6 is 15.6 Å². The summed E-state index contributed by atoms with van der Waals surface area (Å²) in [5, 5.41) is 10.7. The number of unbranched alkanes of at least 4 members (excludes halogenated alkanes) is 11. The van der Waals surface area contributed by atoms with Crippen LogP contribution in [0.4, 0.5) is 0 Å². The lowest BCUT2D eigenvalue weighted by Gasteiger charge is -2.21. The van der Waals surface area contributed by atoms with Crippen molar-refractivity contribution in [1.82, 2.24) is 0 Å². The van der Waals surface area contributed by atoms with E-state index in [1.807, 2.05) is 36.5 Å². The van der Waals surface area contributed by atoms with E-state index in [0.29, 0.717) is 44.9 Å². The summed E-state index contributed by atoms with van der Waals surface area (Å²) < 4.78 is 68.5. The molecule has 5 atom stereocenters. The Morgan fingerprint density at radius 2 is 0.482 bits per heavy atom. The molecule has 3 N–H and O–H groups in total. The second-order valence-corrected chi connectivity index (χ2v) is 29.5. The summed E-state index contributed by atoms with van der Waals surface area (Å²) in [6.07, 6.45) is 106. The number of ether oxygens (including phenoxy) is 4. The van der Waals surface area contributed by atoms with Crippen molar-refractivity contribution in [2.24, 2.45) is 0 Å². The van der Waals surface area contributed by atoms with Gasteiger partial charge in [0.05, 0.1) is 26.4 Å². The number of carbonyl (C=O) groups is 4. The predicted octanol–water partition coefficient (Wildman–Crippen LogP) is 25.0. The number of carbonyl (C=O) groups excluding carboxylic acids is 4. The van der Waals surface area contributed by atoms with Gasteiger partial charge in [0.15, 0.2) is 12.2 Å². The van der Waals surface area contributed by atoms with Gasteiger partial charge in [-0.05, 0) is 180 Å². The van der Waals surface area contributed by atoms with Gasteiger partial charge in [0, 0.05) is 25.7 Å². The number of allylic oxidation sites excluding steroid dienone is 38. The zero-order valence-electron chi connectivity index (χ0n) is 68.7. The highest BCUT2D eigenvalue weighted by Crippen LogP contribution is 2.45. The van der Waals surface area contributed by atoms with E-state index >= 15 is 0 Å². The van der Waals surface area contributed by atoms with Gasteiger partial charge in [-0.1, -0.05) is 297 Å². The first-order valence-corrected chi connectivity index (χ1v) is 44.6. The lowest BCUT2D eigenvalue weighted by atomic mass is 10.1. The van der Waals surface area contributed by atoms with Gasteiger partial charge in [-0.25, -0.2) is 9.13 Å². The van der Waals surface area contributed by atoms with Gasteiger partial charge in [-0.3, -0.25) is 37.3 Å². The lowest BCUT2D eigenvalue weighted by Crippen LogP contribution is -2.30. The molecule has 0 aliphatic heterocycles. The summed E-state index contributed by atoms with van der Waals surface area (Å²) in [5.41, 5.74) is 0. The molecule has 17 nitrogen and oxygen atoms in total. The standard InChI is InChI=1S/C93H144O17P2/c1-5-9-13-17-21-25-29-33-37-40-43-46-50-53-57-61-65-69-73-77-90(95)103-83-88(109-92(97)79-75-71-67-63-59-55-49-36-32-28-24-20-16-12-8-4)85-107-111(99,100)105-81-87(94)82-106-112(101,102)108-86-89(110-93(98)80-76-72-68-64-60-56-52-48-45-42-39-35-31-27-23-19-15-11-7-3)84-104-91(96)78-74-70-66-62-58-54-51-47-44-41-38-34-30-26-22-18-14-10-6-2/h10-12,14-16,21-28,33-39,43-49,54,56,58-60,63,66,68,70,72,87-89,94H,5-9,13,17-20,29-32,40-42,50-53,55,57,61-62,64-65,67,69,71,73-86H2,1-4H3,(H,99,100)(H,101,102)/b14-10-,15-11-,16-12-,25-21-,26-22-,27-23-,28-24-,37-33-,38-34-,39-35-,46-43-,47-44-,48-45-,49-36-,58-54-,60-56-,63-59-,70-66-,72-68-. The molecule has 0 aliphatic carbocycles. The molecule has 0 bridgehead atoms. The number of hydrogen-bond acceptors (Lipinski definition) is 15. The lowest BCUT2D eigenvalue weighted by molar-refractivity contribution is -0.161. The normalized spacial score (nSPS) is 15.0. The van der Waals surface area contributed by atoms with Crippen LogP contribution in [-0.4, -0.2) is 96.7 Å². The largest absolute Gasteiger partial charge is 0.472 e. The van der Waals surface area contributed by atoms with Gasteiger partial charge < -0.3 is 33.8 Å². The zero-order chi connectivity index (χ0) is 81.7. The molecule has 0 saturated heterocycles. The van der Waals surface area contributed by atoms with Gasteiger partial charge in [-0.15, -0.1) is 0 Å². The van der Waals surface area contributed by atoms with E-state index in [9.17, 15) is 43.2 Å². The van der Waals surface area contributed by atoms with Crippen LogP contribution in [0.2, 0.25) is 0 Å². The number of phosphoric ester groups is 2. The number of rotatable bonds is 75. The highest BCUT2D eigenvalue weighted by molar-refractivity contribution is 7.47. The molecular formula is C93H144O17P2. The third kappa shape index (κ3) is 81.1. The number of aliphatic hydroxyl groups excluding tert-OH is 1. The molecule has 0 heterocycles. The first kappa shape index (κ1) is 105. The van der Waals surface area contributed by atoms with Crippen molar-refractivity contribution >= 4 is 39.5 Å². The average Bonchev–Trinajstić information content (AvgIpc) is 0.898. The van der Waals surface area contributed by atoms with Crippen LogP contribution in [0.3, 0.4) is 0 Å². The second kappa shape index (κ2) is 82.1. The minimum Gasteiger partial charge on any atom is -0.462 e. The molecule has 5 unspecified atom stereocenters. The van der Waals surface area contributed by atoms with Gasteiger partial charge >= 0.3 is 39.5 Å². The van der Waals surface area contributed by atoms with E-state index in [4.69, 9.17) is 37.0 Å². The van der Waals surface area contributed by atoms with Crippen LogP contribution in [0.25, 0.3) is 0 Å². The third-order valence-corrected chi connectivity index (χ3v) is 18.0. The minimum atomic E-state index is -5.04. The maximum atomic E-state index is 13.1. The van der Waals surface area contributed by atoms with Crippen molar-refractivity contribution in [3.05, 3.63) is 231 Å². The third-order valence-electron chi connectivity index (χ3n) is 16.1. The van der Waals surface area contributed by atoms with E-state index in [1.54, 1.807) is 0 Å². The van der Waals surface area contributed by atoms with Crippen molar-refractivity contribution in [2.75, 3.05) is 39.6 Å². The van der Waals surface area contributed by atoms with Crippen molar-refractivity contribution in [3.8, 4) is 0 Å².